The fourth-order valence-corrected chi connectivity index (χ4v) is 4.02. The summed E-state index contributed by atoms with van der Waals surface area (Å²) in [6.07, 6.45) is 0. The van der Waals surface area contributed by atoms with E-state index in [4.69, 9.17) is 16.0 Å². The van der Waals surface area contributed by atoms with Crippen LogP contribution in [0.5, 0.6) is 0 Å². The summed E-state index contributed by atoms with van der Waals surface area (Å²) in [6.45, 7) is 4.10. The van der Waals surface area contributed by atoms with Gasteiger partial charge in [-0.25, -0.2) is 17.9 Å². The van der Waals surface area contributed by atoms with Gasteiger partial charge in [0.2, 0.25) is 10.0 Å². The molecule has 1 N–H and O–H groups in total. The van der Waals surface area contributed by atoms with E-state index in [0.29, 0.717) is 22.6 Å². The van der Waals surface area contributed by atoms with E-state index in [2.05, 4.69) is 4.72 Å². The molecule has 2 aromatic carbocycles. The fourth-order valence-electron chi connectivity index (χ4n) is 2.64. The summed E-state index contributed by atoms with van der Waals surface area (Å²) in [5.74, 6) is -0.499. The lowest BCUT2D eigenvalue weighted by Crippen LogP contribution is -2.24. The van der Waals surface area contributed by atoms with Crippen LogP contribution in [0.25, 0.3) is 11.1 Å². The predicted octanol–water partition coefficient (Wildman–Crippen LogP) is 3.05. The van der Waals surface area contributed by atoms with E-state index >= 15 is 0 Å². The molecule has 0 saturated heterocycles. The number of nitrogens with one attached hydrogen (secondary N) is 1. The highest BCUT2D eigenvalue weighted by Crippen LogP contribution is 2.23. The standard InChI is InChI=1S/C17H17ClN2O4S/c1-3-20-14-8-11(2)16(9-15(14)24-17(20)21)25(22,23)19-10-12-4-6-13(18)7-5-12/h4-9,19H,3,10H2,1-2H3. The van der Waals surface area contributed by atoms with Crippen molar-refractivity contribution in [3.63, 3.8) is 0 Å². The van der Waals surface area contributed by atoms with E-state index in [1.165, 1.54) is 10.6 Å². The van der Waals surface area contributed by atoms with Gasteiger partial charge in [-0.15, -0.1) is 0 Å². The van der Waals surface area contributed by atoms with Gasteiger partial charge >= 0.3 is 5.76 Å². The second kappa shape index (κ2) is 6.67. The molecule has 8 heteroatoms. The third-order valence-corrected chi connectivity index (χ3v) is 5.75. The van der Waals surface area contributed by atoms with Gasteiger partial charge in [-0.05, 0) is 43.2 Å². The molecule has 0 atom stereocenters. The number of nitrogens with zero attached hydrogens (tertiary/aromatic N) is 1. The van der Waals surface area contributed by atoms with Crippen molar-refractivity contribution in [1.29, 1.82) is 0 Å². The highest BCUT2D eigenvalue weighted by atomic mass is 35.5. The van der Waals surface area contributed by atoms with Gasteiger partial charge in [-0.2, -0.15) is 0 Å². The Morgan fingerprint density at radius 3 is 2.52 bits per heavy atom. The number of hydrogen-bond acceptors (Lipinski definition) is 4. The molecular weight excluding hydrogens is 364 g/mol. The maximum atomic E-state index is 12.6. The van der Waals surface area contributed by atoms with Crippen LogP contribution in [0.2, 0.25) is 5.02 Å². The zero-order chi connectivity index (χ0) is 18.2. The maximum absolute atomic E-state index is 12.6. The molecule has 0 amide bonds. The maximum Gasteiger partial charge on any atom is 0.419 e. The van der Waals surface area contributed by atoms with Crippen molar-refractivity contribution >= 4 is 32.7 Å². The first-order valence-electron chi connectivity index (χ1n) is 7.70. The van der Waals surface area contributed by atoms with Crippen molar-refractivity contribution in [2.45, 2.75) is 31.8 Å². The van der Waals surface area contributed by atoms with Crippen molar-refractivity contribution in [2.24, 2.45) is 0 Å². The fraction of sp³-hybridized carbons (Fsp3) is 0.235. The van der Waals surface area contributed by atoms with E-state index < -0.39 is 15.8 Å². The summed E-state index contributed by atoms with van der Waals surface area (Å²) in [7, 11) is -3.76. The van der Waals surface area contributed by atoms with E-state index in [9.17, 15) is 13.2 Å². The summed E-state index contributed by atoms with van der Waals surface area (Å²) in [5.41, 5.74) is 2.17. The molecule has 0 saturated carbocycles. The minimum atomic E-state index is -3.76. The molecule has 0 aliphatic heterocycles. The normalized spacial score (nSPS) is 12.0. The predicted molar refractivity (Wildman–Crippen MR) is 96.4 cm³/mol. The second-order valence-electron chi connectivity index (χ2n) is 5.65. The quantitative estimate of drug-likeness (QED) is 0.737. The number of rotatable bonds is 5. The molecule has 1 heterocycles. The Morgan fingerprint density at radius 2 is 1.88 bits per heavy atom. The van der Waals surface area contributed by atoms with Gasteiger partial charge in [0, 0.05) is 24.2 Å². The minimum Gasteiger partial charge on any atom is -0.408 e. The first-order chi connectivity index (χ1) is 11.8. The van der Waals surface area contributed by atoms with Crippen molar-refractivity contribution < 1.29 is 12.8 Å². The monoisotopic (exact) mass is 380 g/mol. The van der Waals surface area contributed by atoms with Crippen molar-refractivity contribution in [1.82, 2.24) is 9.29 Å². The van der Waals surface area contributed by atoms with Crippen LogP contribution in [0.3, 0.4) is 0 Å². The van der Waals surface area contributed by atoms with E-state index in [1.807, 2.05) is 6.92 Å². The smallest absolute Gasteiger partial charge is 0.408 e. The molecule has 0 bridgehead atoms. The lowest BCUT2D eigenvalue weighted by Gasteiger charge is -2.10. The zero-order valence-corrected chi connectivity index (χ0v) is 15.3. The molecule has 0 radical (unpaired) electrons. The Kier molecular flexibility index (Phi) is 4.73. The Morgan fingerprint density at radius 1 is 1.20 bits per heavy atom. The van der Waals surface area contributed by atoms with Crippen molar-refractivity contribution in [3.8, 4) is 0 Å². The van der Waals surface area contributed by atoms with Crippen LogP contribution in [0.1, 0.15) is 18.1 Å². The van der Waals surface area contributed by atoms with Crippen molar-refractivity contribution in [3.05, 3.63) is 63.1 Å². The summed E-state index contributed by atoms with van der Waals surface area (Å²) >= 11 is 5.82. The number of benzene rings is 2. The summed E-state index contributed by atoms with van der Waals surface area (Å²) in [5, 5.41) is 0.586. The summed E-state index contributed by atoms with van der Waals surface area (Å²) < 4.78 is 34.4. The molecule has 6 nitrogen and oxygen atoms in total. The minimum absolute atomic E-state index is 0.0889. The molecule has 0 spiro atoms. The van der Waals surface area contributed by atoms with E-state index in [0.717, 1.165) is 5.56 Å². The Hall–Kier alpha value is -2.09. The van der Waals surface area contributed by atoms with Crippen LogP contribution in [0.15, 0.2) is 50.5 Å². The van der Waals surface area contributed by atoms with Gasteiger partial charge in [0.25, 0.3) is 0 Å². The van der Waals surface area contributed by atoms with Gasteiger partial charge < -0.3 is 4.42 Å². The topological polar surface area (TPSA) is 81.3 Å². The molecule has 0 aliphatic carbocycles. The molecule has 1 aromatic heterocycles. The van der Waals surface area contributed by atoms with E-state index in [-0.39, 0.29) is 17.0 Å². The Balaban J connectivity index is 1.95. The summed E-state index contributed by atoms with van der Waals surface area (Å²) in [6, 6.07) is 9.95. The van der Waals surface area contributed by atoms with E-state index in [1.54, 1.807) is 37.3 Å². The van der Waals surface area contributed by atoms with Crippen LogP contribution in [0, 0.1) is 6.92 Å². The lowest BCUT2D eigenvalue weighted by molar-refractivity contribution is 0.512. The molecule has 3 rings (SSSR count). The molecule has 0 fully saturated rings. The van der Waals surface area contributed by atoms with Gasteiger partial charge in [0.1, 0.15) is 0 Å². The first kappa shape index (κ1) is 17.7. The SMILES string of the molecule is CCn1c(=O)oc2cc(S(=O)(=O)NCc3ccc(Cl)cc3)c(C)cc21. The molecule has 132 valence electrons. The van der Waals surface area contributed by atoms with Crippen LogP contribution >= 0.6 is 11.6 Å². The number of hydrogen-bond donors (Lipinski definition) is 1. The second-order valence-corrected chi connectivity index (χ2v) is 7.82. The third kappa shape index (κ3) is 3.49. The van der Waals surface area contributed by atoms with Crippen LogP contribution in [0.4, 0.5) is 0 Å². The third-order valence-electron chi connectivity index (χ3n) is 3.95. The molecule has 0 aliphatic rings. The zero-order valence-electron chi connectivity index (χ0n) is 13.7. The number of fused-ring (bicyclic) bond motifs is 1. The van der Waals surface area contributed by atoms with Crippen LogP contribution in [-0.2, 0) is 23.1 Å². The molecule has 3 aromatic rings. The molecule has 25 heavy (non-hydrogen) atoms. The number of sulfonamides is 1. The number of oxazole rings is 1. The molecule has 0 unspecified atom stereocenters. The first-order valence-corrected chi connectivity index (χ1v) is 9.56. The van der Waals surface area contributed by atoms with Gasteiger partial charge in [0.15, 0.2) is 5.58 Å². The van der Waals surface area contributed by atoms with Gasteiger partial charge in [-0.1, -0.05) is 23.7 Å². The highest BCUT2D eigenvalue weighted by Gasteiger charge is 2.20. The highest BCUT2D eigenvalue weighted by molar-refractivity contribution is 7.89. The van der Waals surface area contributed by atoms with Crippen LogP contribution < -0.4 is 10.5 Å². The van der Waals surface area contributed by atoms with Crippen molar-refractivity contribution in [2.75, 3.05) is 0 Å². The van der Waals surface area contributed by atoms with Gasteiger partial charge in [0.05, 0.1) is 10.4 Å². The lowest BCUT2D eigenvalue weighted by atomic mass is 10.2. The largest absolute Gasteiger partial charge is 0.419 e. The Bertz CT molecular complexity index is 1080. The number of aryl methyl sites for hydroxylation is 2. The average molecular weight is 381 g/mol. The number of halogens is 1. The van der Waals surface area contributed by atoms with Crippen LogP contribution in [-0.4, -0.2) is 13.0 Å². The Labute approximate surface area is 150 Å². The van der Waals surface area contributed by atoms with Gasteiger partial charge in [-0.3, -0.25) is 4.57 Å². The number of aromatic nitrogens is 1. The summed E-state index contributed by atoms with van der Waals surface area (Å²) in [4.78, 5) is 11.9. The molecular formula is C17H17ClN2O4S. The average Bonchev–Trinajstić information content (AvgIpc) is 2.87.